The molecule has 0 saturated carbocycles. The molecule has 1 aromatic carbocycles. The molecule has 0 fully saturated rings. The van der Waals surface area contributed by atoms with E-state index in [1.54, 1.807) is 0 Å². The monoisotopic (exact) mass is 230 g/mol. The van der Waals surface area contributed by atoms with Crippen LogP contribution in [0.2, 0.25) is 0 Å². The summed E-state index contributed by atoms with van der Waals surface area (Å²) in [6.45, 7) is 6.62. The van der Waals surface area contributed by atoms with Crippen LogP contribution in [0.15, 0.2) is 36.4 Å². The molecule has 1 unspecified atom stereocenters. The molecule has 92 valence electrons. The summed E-state index contributed by atoms with van der Waals surface area (Å²) in [6, 6.07) is 8.40. The Hall–Kier alpha value is -1.08. The highest BCUT2D eigenvalue weighted by Gasteiger charge is 2.27. The topological polar surface area (TPSA) is 20.2 Å². The van der Waals surface area contributed by atoms with Gasteiger partial charge in [-0.05, 0) is 35.8 Å². The minimum Gasteiger partial charge on any atom is -0.381 e. The van der Waals surface area contributed by atoms with Crippen LogP contribution in [-0.2, 0) is 11.0 Å². The fourth-order valence-electron chi connectivity index (χ4n) is 2.35. The zero-order chi connectivity index (χ0) is 12.5. The molecule has 0 aliphatic heterocycles. The summed E-state index contributed by atoms with van der Waals surface area (Å²) in [5.41, 5.74) is 1.75. The van der Waals surface area contributed by atoms with Crippen LogP contribution in [0, 0.1) is 0 Å². The van der Waals surface area contributed by atoms with Crippen molar-refractivity contribution in [2.45, 2.75) is 51.0 Å². The van der Waals surface area contributed by atoms with E-state index in [4.69, 9.17) is 0 Å². The van der Waals surface area contributed by atoms with Crippen LogP contribution in [0.25, 0.3) is 0 Å². The first-order valence-corrected chi connectivity index (χ1v) is 6.43. The van der Waals surface area contributed by atoms with Crippen LogP contribution in [0.3, 0.4) is 0 Å². The molecule has 2 rings (SSSR count). The number of benzene rings is 1. The van der Waals surface area contributed by atoms with Crippen molar-refractivity contribution in [2.24, 2.45) is 0 Å². The lowest BCUT2D eigenvalue weighted by atomic mass is 9.81. The summed E-state index contributed by atoms with van der Waals surface area (Å²) in [6.07, 6.45) is 7.01. The Balaban J connectivity index is 2.29. The molecular weight excluding hydrogens is 208 g/mol. The van der Waals surface area contributed by atoms with E-state index in [1.165, 1.54) is 5.56 Å². The van der Waals surface area contributed by atoms with E-state index in [9.17, 15) is 5.11 Å². The van der Waals surface area contributed by atoms with Gasteiger partial charge in [-0.2, -0.15) is 0 Å². The van der Waals surface area contributed by atoms with Crippen molar-refractivity contribution >= 4 is 0 Å². The summed E-state index contributed by atoms with van der Waals surface area (Å²) in [5, 5.41) is 10.5. The van der Waals surface area contributed by atoms with Crippen molar-refractivity contribution in [1.82, 2.24) is 0 Å². The van der Waals surface area contributed by atoms with Crippen LogP contribution in [0.5, 0.6) is 0 Å². The van der Waals surface area contributed by atoms with Gasteiger partial charge in [0, 0.05) is 0 Å². The Kier molecular flexibility index (Phi) is 3.13. The van der Waals surface area contributed by atoms with Crippen molar-refractivity contribution < 1.29 is 5.11 Å². The first-order chi connectivity index (χ1) is 7.92. The van der Waals surface area contributed by atoms with E-state index in [-0.39, 0.29) is 5.41 Å². The molecule has 0 radical (unpaired) electrons. The number of aliphatic hydroxyl groups is 1. The van der Waals surface area contributed by atoms with Crippen molar-refractivity contribution in [1.29, 1.82) is 0 Å². The van der Waals surface area contributed by atoms with Gasteiger partial charge in [0.15, 0.2) is 0 Å². The second kappa shape index (κ2) is 4.30. The van der Waals surface area contributed by atoms with E-state index in [0.717, 1.165) is 24.8 Å². The van der Waals surface area contributed by atoms with Crippen LogP contribution < -0.4 is 0 Å². The fraction of sp³-hybridized carbons (Fsp3) is 0.500. The minimum atomic E-state index is -0.741. The molecule has 17 heavy (non-hydrogen) atoms. The van der Waals surface area contributed by atoms with Gasteiger partial charge in [0.1, 0.15) is 5.60 Å². The van der Waals surface area contributed by atoms with Crippen molar-refractivity contribution in [3.8, 4) is 0 Å². The first kappa shape index (κ1) is 12.4. The molecule has 0 aromatic heterocycles. The first-order valence-electron chi connectivity index (χ1n) is 6.43. The van der Waals surface area contributed by atoms with Gasteiger partial charge in [0.25, 0.3) is 0 Å². The molecule has 0 heterocycles. The summed E-state index contributed by atoms with van der Waals surface area (Å²) in [5.74, 6) is 0. The molecule has 1 nitrogen and oxygen atoms in total. The van der Waals surface area contributed by atoms with Gasteiger partial charge in [-0.1, -0.05) is 57.2 Å². The molecule has 1 atom stereocenters. The molecule has 1 aromatic rings. The van der Waals surface area contributed by atoms with Crippen LogP contribution in [-0.4, -0.2) is 5.11 Å². The highest BCUT2D eigenvalue weighted by atomic mass is 16.3. The second-order valence-electron chi connectivity index (χ2n) is 6.05. The van der Waals surface area contributed by atoms with Gasteiger partial charge in [-0.3, -0.25) is 0 Å². The third kappa shape index (κ3) is 2.61. The molecule has 1 heteroatoms. The maximum Gasteiger partial charge on any atom is 0.108 e. The standard InChI is InChI=1S/C16H22O/c1-15(2,3)13-7-9-14(10-8-13)16(17)11-5-4-6-12-16/h5,7-11,17H,4,6,12H2,1-3H3. The second-order valence-corrected chi connectivity index (χ2v) is 6.05. The van der Waals surface area contributed by atoms with Gasteiger partial charge in [-0.15, -0.1) is 0 Å². The summed E-state index contributed by atoms with van der Waals surface area (Å²) < 4.78 is 0. The lowest BCUT2D eigenvalue weighted by Crippen LogP contribution is -2.25. The summed E-state index contributed by atoms with van der Waals surface area (Å²) >= 11 is 0. The van der Waals surface area contributed by atoms with E-state index < -0.39 is 5.60 Å². The van der Waals surface area contributed by atoms with Gasteiger partial charge in [0.05, 0.1) is 0 Å². The number of hydrogen-bond donors (Lipinski definition) is 1. The van der Waals surface area contributed by atoms with Crippen LogP contribution >= 0.6 is 0 Å². The largest absolute Gasteiger partial charge is 0.381 e. The molecule has 0 amide bonds. The predicted octanol–water partition coefficient (Wildman–Crippen LogP) is 3.91. The smallest absolute Gasteiger partial charge is 0.108 e. The number of allylic oxidation sites excluding steroid dienone is 1. The maximum atomic E-state index is 10.5. The van der Waals surface area contributed by atoms with E-state index in [2.05, 4.69) is 51.1 Å². The Bertz CT molecular complexity index is 408. The van der Waals surface area contributed by atoms with Crippen molar-refractivity contribution in [2.75, 3.05) is 0 Å². The van der Waals surface area contributed by atoms with Crippen LogP contribution in [0.4, 0.5) is 0 Å². The Labute approximate surface area is 104 Å². The van der Waals surface area contributed by atoms with Crippen LogP contribution in [0.1, 0.15) is 51.2 Å². The molecule has 0 spiro atoms. The van der Waals surface area contributed by atoms with Crippen molar-refractivity contribution in [3.63, 3.8) is 0 Å². The van der Waals surface area contributed by atoms with E-state index in [1.807, 2.05) is 6.08 Å². The third-order valence-corrected chi connectivity index (χ3v) is 3.57. The number of rotatable bonds is 1. The molecule has 1 aliphatic carbocycles. The zero-order valence-electron chi connectivity index (χ0n) is 11.0. The Morgan fingerprint density at radius 3 is 2.24 bits per heavy atom. The minimum absolute atomic E-state index is 0.170. The molecule has 0 saturated heterocycles. The van der Waals surface area contributed by atoms with E-state index >= 15 is 0 Å². The zero-order valence-corrected chi connectivity index (χ0v) is 11.0. The summed E-state index contributed by atoms with van der Waals surface area (Å²) in [4.78, 5) is 0. The maximum absolute atomic E-state index is 10.5. The average molecular weight is 230 g/mol. The van der Waals surface area contributed by atoms with Crippen molar-refractivity contribution in [3.05, 3.63) is 47.5 Å². The third-order valence-electron chi connectivity index (χ3n) is 3.57. The van der Waals surface area contributed by atoms with Gasteiger partial charge < -0.3 is 5.11 Å². The Morgan fingerprint density at radius 1 is 1.12 bits per heavy atom. The molecular formula is C16H22O. The fourth-order valence-corrected chi connectivity index (χ4v) is 2.35. The molecule has 1 aliphatic rings. The predicted molar refractivity (Wildman–Crippen MR) is 72.0 cm³/mol. The SMILES string of the molecule is CC(C)(C)c1ccc(C2(O)C=CCCC2)cc1. The van der Waals surface area contributed by atoms with Gasteiger partial charge >= 0.3 is 0 Å². The Morgan fingerprint density at radius 2 is 1.76 bits per heavy atom. The van der Waals surface area contributed by atoms with Gasteiger partial charge in [0.2, 0.25) is 0 Å². The highest BCUT2D eigenvalue weighted by molar-refractivity contribution is 5.33. The quantitative estimate of drug-likeness (QED) is 0.725. The lowest BCUT2D eigenvalue weighted by molar-refractivity contribution is 0.0726. The van der Waals surface area contributed by atoms with E-state index in [0.29, 0.717) is 0 Å². The average Bonchev–Trinajstić information content (AvgIpc) is 2.29. The molecule has 0 bridgehead atoms. The summed E-state index contributed by atoms with van der Waals surface area (Å²) in [7, 11) is 0. The molecule has 1 N–H and O–H groups in total. The van der Waals surface area contributed by atoms with Gasteiger partial charge in [-0.25, -0.2) is 0 Å². The number of hydrogen-bond acceptors (Lipinski definition) is 1. The normalized spacial score (nSPS) is 24.9. The highest BCUT2D eigenvalue weighted by Crippen LogP contribution is 2.33. The lowest BCUT2D eigenvalue weighted by Gasteiger charge is -2.29.